The molecule has 7 nitrogen and oxygen atoms in total. The molecule has 6 atom stereocenters. The third kappa shape index (κ3) is 5.34. The quantitative estimate of drug-likeness (QED) is 0.256. The topological polar surface area (TPSA) is 81.2 Å². The number of hydrogen-bond donors (Lipinski definition) is 1. The molecule has 3 saturated heterocycles. The Morgan fingerprint density at radius 3 is 2.43 bits per heavy atom. The van der Waals surface area contributed by atoms with Crippen molar-refractivity contribution in [2.75, 3.05) is 31.1 Å². The number of unbranched alkanes of at least 4 members (excludes halogenated alkanes) is 2. The molecular formula is C34H47N3O4S. The number of carbonyl (C=O) groups excluding carboxylic acids is 3. The number of fused-ring (bicyclic) bond motifs is 1. The number of thioether (sulfide) groups is 1. The van der Waals surface area contributed by atoms with Crippen LogP contribution in [0.25, 0.3) is 0 Å². The Labute approximate surface area is 255 Å². The van der Waals surface area contributed by atoms with E-state index in [4.69, 9.17) is 0 Å². The van der Waals surface area contributed by atoms with E-state index in [1.165, 1.54) is 6.42 Å². The minimum atomic E-state index is -0.638. The Hall–Kier alpha value is -2.58. The van der Waals surface area contributed by atoms with Gasteiger partial charge in [-0.25, -0.2) is 0 Å². The van der Waals surface area contributed by atoms with E-state index in [1.807, 2.05) is 46.2 Å². The van der Waals surface area contributed by atoms with Crippen molar-refractivity contribution >= 4 is 35.2 Å². The first-order chi connectivity index (χ1) is 20.4. The third-order valence-electron chi connectivity index (χ3n) is 10.1. The fraction of sp³-hybridized carbons (Fsp3) is 0.618. The summed E-state index contributed by atoms with van der Waals surface area (Å²) in [7, 11) is 0. The van der Waals surface area contributed by atoms with Crippen molar-refractivity contribution in [2.45, 2.75) is 86.8 Å². The van der Waals surface area contributed by atoms with E-state index < -0.39 is 22.6 Å². The predicted molar refractivity (Wildman–Crippen MR) is 169 cm³/mol. The standard InChI is InChI=1S/C34H47N3O4S/c1-4-19-35(25-15-9-6-10-16-25)31(39)28-27-23-24(3)34(42-27)29(28)32(40)37(21-13-8-14-22-38)30(34)33(41)36(20-5-2)26-17-11-7-12-18-26/h4-6,9-10,15-16,24,26-30,38H,1-2,7-8,11-14,17-23H2,3H3/t24?,27-,28+,29-,30?,34?/m0/s1. The van der Waals surface area contributed by atoms with Crippen LogP contribution in [-0.4, -0.2) is 80.9 Å². The first-order valence-electron chi connectivity index (χ1n) is 15.9. The normalized spacial score (nSPS) is 30.3. The molecule has 3 aliphatic heterocycles. The molecule has 5 rings (SSSR count). The summed E-state index contributed by atoms with van der Waals surface area (Å²) < 4.78 is -0.638. The molecule has 4 fully saturated rings. The maximum absolute atomic E-state index is 14.8. The van der Waals surface area contributed by atoms with E-state index in [0.717, 1.165) is 50.6 Å². The van der Waals surface area contributed by atoms with Crippen molar-refractivity contribution in [1.82, 2.24) is 9.80 Å². The van der Waals surface area contributed by atoms with Gasteiger partial charge in [0.1, 0.15) is 6.04 Å². The lowest BCUT2D eigenvalue weighted by Gasteiger charge is -2.43. The molecule has 0 aromatic heterocycles. The average molecular weight is 594 g/mol. The smallest absolute Gasteiger partial charge is 0.247 e. The number of amides is 3. The van der Waals surface area contributed by atoms with Crippen LogP contribution >= 0.6 is 11.8 Å². The van der Waals surface area contributed by atoms with Crippen LogP contribution in [0.15, 0.2) is 55.6 Å². The SMILES string of the molecule is C=CCN(C(=O)[C@@H]1[C@@H]2CC(C)C3(S2)C(C(=O)N(CC=C)C2CCCCC2)N(CCCCCO)C(=O)[C@H]13)c1ccccc1. The molecule has 1 aromatic rings. The molecule has 228 valence electrons. The summed E-state index contributed by atoms with van der Waals surface area (Å²) in [4.78, 5) is 49.4. The lowest BCUT2D eigenvalue weighted by molar-refractivity contribution is -0.144. The van der Waals surface area contributed by atoms with Crippen LogP contribution in [0.1, 0.15) is 64.7 Å². The van der Waals surface area contributed by atoms with Gasteiger partial charge in [-0.3, -0.25) is 14.4 Å². The van der Waals surface area contributed by atoms with Crippen molar-refractivity contribution in [1.29, 1.82) is 0 Å². The molecule has 1 aliphatic carbocycles. The minimum absolute atomic E-state index is 0.00755. The Bertz CT molecular complexity index is 1150. The second-order valence-electron chi connectivity index (χ2n) is 12.5. The average Bonchev–Trinajstić information content (AvgIpc) is 3.60. The number of hydrogen-bond acceptors (Lipinski definition) is 5. The summed E-state index contributed by atoms with van der Waals surface area (Å²) in [5, 5.41) is 9.35. The van der Waals surface area contributed by atoms with Crippen molar-refractivity contribution in [2.24, 2.45) is 17.8 Å². The van der Waals surface area contributed by atoms with Crippen LogP contribution in [-0.2, 0) is 14.4 Å². The van der Waals surface area contributed by atoms with Gasteiger partial charge in [-0.2, -0.15) is 0 Å². The van der Waals surface area contributed by atoms with E-state index in [2.05, 4.69) is 20.1 Å². The zero-order valence-corrected chi connectivity index (χ0v) is 25.9. The molecule has 3 unspecified atom stereocenters. The van der Waals surface area contributed by atoms with Gasteiger partial charge in [0, 0.05) is 43.2 Å². The summed E-state index contributed by atoms with van der Waals surface area (Å²) >= 11 is 1.75. The van der Waals surface area contributed by atoms with Crippen LogP contribution in [0.3, 0.4) is 0 Å². The van der Waals surface area contributed by atoms with Gasteiger partial charge in [0.15, 0.2) is 0 Å². The molecule has 4 aliphatic rings. The molecule has 0 radical (unpaired) electrons. The van der Waals surface area contributed by atoms with Crippen LogP contribution in [0.2, 0.25) is 0 Å². The summed E-state index contributed by atoms with van der Waals surface area (Å²) in [6.07, 6.45) is 11.9. The van der Waals surface area contributed by atoms with Gasteiger partial charge in [-0.05, 0) is 56.6 Å². The van der Waals surface area contributed by atoms with Crippen molar-refractivity contribution < 1.29 is 19.5 Å². The van der Waals surface area contributed by atoms with Crippen LogP contribution < -0.4 is 4.90 Å². The number of benzene rings is 1. The lowest BCUT2D eigenvalue weighted by atomic mass is 9.65. The Morgan fingerprint density at radius 2 is 1.76 bits per heavy atom. The molecule has 3 amide bonds. The van der Waals surface area contributed by atoms with Crippen molar-refractivity contribution in [3.8, 4) is 0 Å². The monoisotopic (exact) mass is 593 g/mol. The highest BCUT2D eigenvalue weighted by atomic mass is 32.2. The minimum Gasteiger partial charge on any atom is -0.396 e. The number of para-hydroxylation sites is 1. The van der Waals surface area contributed by atoms with Crippen LogP contribution in [0.4, 0.5) is 5.69 Å². The highest BCUT2D eigenvalue weighted by Crippen LogP contribution is 2.69. The fourth-order valence-corrected chi connectivity index (χ4v) is 10.6. The molecule has 2 bridgehead atoms. The molecule has 3 heterocycles. The maximum atomic E-state index is 14.8. The predicted octanol–water partition coefficient (Wildman–Crippen LogP) is 5.05. The summed E-state index contributed by atoms with van der Waals surface area (Å²) in [5.41, 5.74) is 0.797. The fourth-order valence-electron chi connectivity index (χ4n) is 8.24. The first kappa shape index (κ1) is 30.9. The number of rotatable bonds is 13. The second-order valence-corrected chi connectivity index (χ2v) is 14.1. The molecule has 42 heavy (non-hydrogen) atoms. The highest BCUT2D eigenvalue weighted by Gasteiger charge is 2.76. The van der Waals surface area contributed by atoms with Gasteiger partial charge in [-0.1, -0.05) is 56.5 Å². The Kier molecular flexibility index (Phi) is 9.83. The van der Waals surface area contributed by atoms with E-state index >= 15 is 0 Å². The number of carbonyl (C=O) groups is 3. The largest absolute Gasteiger partial charge is 0.396 e. The number of aliphatic hydroxyl groups excluding tert-OH is 1. The van der Waals surface area contributed by atoms with Gasteiger partial charge in [0.25, 0.3) is 0 Å². The van der Waals surface area contributed by atoms with E-state index in [0.29, 0.717) is 26.1 Å². The molecule has 1 spiro atoms. The van der Waals surface area contributed by atoms with Crippen LogP contribution in [0, 0.1) is 17.8 Å². The van der Waals surface area contributed by atoms with Gasteiger partial charge in [0.05, 0.1) is 16.6 Å². The van der Waals surface area contributed by atoms with E-state index in [-0.39, 0.29) is 41.5 Å². The Morgan fingerprint density at radius 1 is 1.05 bits per heavy atom. The maximum Gasteiger partial charge on any atom is 0.247 e. The summed E-state index contributed by atoms with van der Waals surface area (Å²) in [5.74, 6) is -0.967. The molecular weight excluding hydrogens is 546 g/mol. The third-order valence-corrected chi connectivity index (χ3v) is 12.2. The Balaban J connectivity index is 1.53. The van der Waals surface area contributed by atoms with Gasteiger partial charge in [-0.15, -0.1) is 24.9 Å². The molecule has 1 N–H and O–H groups in total. The zero-order valence-electron chi connectivity index (χ0n) is 25.0. The number of anilines is 1. The summed E-state index contributed by atoms with van der Waals surface area (Å²) in [6.45, 7) is 11.5. The van der Waals surface area contributed by atoms with Gasteiger partial charge in [0.2, 0.25) is 17.7 Å². The van der Waals surface area contributed by atoms with E-state index in [1.54, 1.807) is 22.7 Å². The zero-order chi connectivity index (χ0) is 29.9. The van der Waals surface area contributed by atoms with Gasteiger partial charge >= 0.3 is 0 Å². The van der Waals surface area contributed by atoms with Crippen LogP contribution in [0.5, 0.6) is 0 Å². The summed E-state index contributed by atoms with van der Waals surface area (Å²) in [6, 6.07) is 9.17. The number of nitrogens with zero attached hydrogens (tertiary/aromatic N) is 3. The molecule has 1 saturated carbocycles. The molecule has 8 heteroatoms. The lowest BCUT2D eigenvalue weighted by Crippen LogP contribution is -2.59. The van der Waals surface area contributed by atoms with E-state index in [9.17, 15) is 19.5 Å². The highest BCUT2D eigenvalue weighted by molar-refractivity contribution is 8.02. The first-order valence-corrected chi connectivity index (χ1v) is 16.8. The van der Waals surface area contributed by atoms with Crippen molar-refractivity contribution in [3.63, 3.8) is 0 Å². The second kappa shape index (κ2) is 13.4. The molecule has 1 aromatic carbocycles. The van der Waals surface area contributed by atoms with Gasteiger partial charge < -0.3 is 19.8 Å². The van der Waals surface area contributed by atoms with Crippen molar-refractivity contribution in [3.05, 3.63) is 55.6 Å². The number of likely N-dealkylation sites (tertiary alicyclic amines) is 1. The number of aliphatic hydroxyl groups is 1.